The maximum absolute atomic E-state index is 13.1. The second-order valence-electron chi connectivity index (χ2n) is 5.67. The first-order chi connectivity index (χ1) is 11.1. The summed E-state index contributed by atoms with van der Waals surface area (Å²) in [5, 5.41) is 9.20. The van der Waals surface area contributed by atoms with Crippen molar-refractivity contribution in [3.63, 3.8) is 0 Å². The van der Waals surface area contributed by atoms with Gasteiger partial charge in [-0.05, 0) is 49.2 Å². The number of carboxylic acids is 1. The third kappa shape index (κ3) is 3.87. The molecule has 1 N–H and O–H groups in total. The molecule has 4 nitrogen and oxygen atoms in total. The largest absolute Gasteiger partial charge is 0.480 e. The summed E-state index contributed by atoms with van der Waals surface area (Å²) < 4.78 is 18.7. The minimum absolute atomic E-state index is 0.340. The van der Waals surface area contributed by atoms with E-state index in [1.165, 1.54) is 12.1 Å². The fourth-order valence-electron chi connectivity index (χ4n) is 2.86. The topological polar surface area (TPSA) is 49.8 Å². The minimum atomic E-state index is -0.756. The number of rotatable bonds is 5. The molecule has 0 unspecified atom stereocenters. The molecule has 0 spiro atoms. The number of hydrogen-bond acceptors (Lipinski definition) is 3. The van der Waals surface area contributed by atoms with Gasteiger partial charge in [0.25, 0.3) is 0 Å². The van der Waals surface area contributed by atoms with Gasteiger partial charge in [-0.1, -0.05) is 18.2 Å². The van der Waals surface area contributed by atoms with Gasteiger partial charge in [0.05, 0.1) is 0 Å². The molecule has 23 heavy (non-hydrogen) atoms. The Kier molecular flexibility index (Phi) is 4.57. The van der Waals surface area contributed by atoms with Crippen LogP contribution in [0.1, 0.15) is 18.4 Å². The normalized spacial score (nSPS) is 18.0. The van der Waals surface area contributed by atoms with Crippen LogP contribution in [-0.2, 0) is 11.3 Å². The molecule has 1 aliphatic heterocycles. The number of likely N-dealkylation sites (tertiary alicyclic amines) is 1. The molecule has 1 fully saturated rings. The van der Waals surface area contributed by atoms with E-state index in [0.29, 0.717) is 24.5 Å². The molecule has 1 aliphatic rings. The lowest BCUT2D eigenvalue weighted by molar-refractivity contribution is -0.142. The highest BCUT2D eigenvalue weighted by Crippen LogP contribution is 2.24. The molecule has 0 amide bonds. The van der Waals surface area contributed by atoms with E-state index >= 15 is 0 Å². The van der Waals surface area contributed by atoms with Crippen LogP contribution in [0.25, 0.3) is 0 Å². The van der Waals surface area contributed by atoms with E-state index in [9.17, 15) is 14.3 Å². The predicted molar refractivity (Wildman–Crippen MR) is 84.0 cm³/mol. The number of aliphatic carboxylic acids is 1. The zero-order valence-electron chi connectivity index (χ0n) is 12.6. The highest BCUT2D eigenvalue weighted by atomic mass is 19.1. The van der Waals surface area contributed by atoms with E-state index in [1.807, 2.05) is 29.2 Å². The summed E-state index contributed by atoms with van der Waals surface area (Å²) in [5.41, 5.74) is 1.03. The first kappa shape index (κ1) is 15.5. The molecule has 120 valence electrons. The average molecular weight is 315 g/mol. The summed E-state index contributed by atoms with van der Waals surface area (Å²) >= 11 is 0. The lowest BCUT2D eigenvalue weighted by Gasteiger charge is -2.21. The Morgan fingerprint density at radius 2 is 2.00 bits per heavy atom. The highest BCUT2D eigenvalue weighted by molar-refractivity contribution is 5.73. The van der Waals surface area contributed by atoms with Crippen LogP contribution in [0, 0.1) is 5.82 Å². The molecule has 2 aromatic rings. The van der Waals surface area contributed by atoms with Crippen LogP contribution in [0.4, 0.5) is 4.39 Å². The van der Waals surface area contributed by atoms with Crippen molar-refractivity contribution in [1.82, 2.24) is 4.90 Å². The van der Waals surface area contributed by atoms with Gasteiger partial charge in [-0.15, -0.1) is 0 Å². The van der Waals surface area contributed by atoms with Gasteiger partial charge in [-0.3, -0.25) is 9.69 Å². The fraction of sp³-hybridized carbons (Fsp3) is 0.278. The summed E-state index contributed by atoms with van der Waals surface area (Å²) in [6.45, 7) is 1.41. The van der Waals surface area contributed by atoms with Gasteiger partial charge in [0.15, 0.2) is 0 Å². The monoisotopic (exact) mass is 315 g/mol. The Bertz CT molecular complexity index is 687. The lowest BCUT2D eigenvalue weighted by atomic mass is 10.2. The number of carboxylic acid groups (broad SMARTS) is 1. The number of carbonyl (C=O) groups is 1. The Morgan fingerprint density at radius 3 is 2.70 bits per heavy atom. The first-order valence-corrected chi connectivity index (χ1v) is 7.61. The maximum Gasteiger partial charge on any atom is 0.320 e. The smallest absolute Gasteiger partial charge is 0.320 e. The zero-order chi connectivity index (χ0) is 16.2. The van der Waals surface area contributed by atoms with E-state index in [-0.39, 0.29) is 5.82 Å². The second-order valence-corrected chi connectivity index (χ2v) is 5.67. The number of halogens is 1. The summed E-state index contributed by atoms with van der Waals surface area (Å²) in [5.74, 6) is -0.0276. The molecule has 0 aromatic heterocycles. The SMILES string of the molecule is O=C(O)[C@@H]1CCCN1Cc1ccc(Oc2cccc(F)c2)cc1. The number of ether oxygens (including phenoxy) is 1. The number of benzene rings is 2. The van der Waals surface area contributed by atoms with Gasteiger partial charge >= 0.3 is 5.97 Å². The summed E-state index contributed by atoms with van der Waals surface area (Å²) in [6.07, 6.45) is 1.62. The molecule has 0 radical (unpaired) electrons. The van der Waals surface area contributed by atoms with E-state index < -0.39 is 12.0 Å². The van der Waals surface area contributed by atoms with Crippen LogP contribution < -0.4 is 4.74 Å². The van der Waals surface area contributed by atoms with Crippen LogP contribution in [0.5, 0.6) is 11.5 Å². The second kappa shape index (κ2) is 6.79. The van der Waals surface area contributed by atoms with E-state index in [1.54, 1.807) is 12.1 Å². The molecule has 0 bridgehead atoms. The Labute approximate surface area is 134 Å². The zero-order valence-corrected chi connectivity index (χ0v) is 12.6. The van der Waals surface area contributed by atoms with E-state index in [0.717, 1.165) is 18.5 Å². The quantitative estimate of drug-likeness (QED) is 0.914. The lowest BCUT2D eigenvalue weighted by Crippen LogP contribution is -2.35. The molecule has 2 aromatic carbocycles. The van der Waals surface area contributed by atoms with Crippen molar-refractivity contribution in [2.24, 2.45) is 0 Å². The van der Waals surface area contributed by atoms with Gasteiger partial charge in [-0.2, -0.15) is 0 Å². The Morgan fingerprint density at radius 1 is 1.22 bits per heavy atom. The predicted octanol–water partition coefficient (Wildman–Crippen LogP) is 3.67. The van der Waals surface area contributed by atoms with Crippen LogP contribution in [0.15, 0.2) is 48.5 Å². The summed E-state index contributed by atoms with van der Waals surface area (Å²) in [7, 11) is 0. The third-order valence-corrected chi connectivity index (χ3v) is 3.99. The Balaban J connectivity index is 1.64. The van der Waals surface area contributed by atoms with Gasteiger partial charge < -0.3 is 9.84 Å². The van der Waals surface area contributed by atoms with Crippen molar-refractivity contribution in [1.29, 1.82) is 0 Å². The third-order valence-electron chi connectivity index (χ3n) is 3.99. The molecule has 0 saturated carbocycles. The van der Waals surface area contributed by atoms with Gasteiger partial charge in [-0.25, -0.2) is 4.39 Å². The van der Waals surface area contributed by atoms with E-state index in [4.69, 9.17) is 4.74 Å². The molecule has 1 heterocycles. The van der Waals surface area contributed by atoms with Crippen LogP contribution in [0.2, 0.25) is 0 Å². The van der Waals surface area contributed by atoms with E-state index in [2.05, 4.69) is 0 Å². The average Bonchev–Trinajstić information content (AvgIpc) is 2.98. The molecule has 5 heteroatoms. The fourth-order valence-corrected chi connectivity index (χ4v) is 2.86. The number of nitrogens with zero attached hydrogens (tertiary/aromatic N) is 1. The minimum Gasteiger partial charge on any atom is -0.480 e. The molecular weight excluding hydrogens is 297 g/mol. The molecule has 0 aliphatic carbocycles. The van der Waals surface area contributed by atoms with Crippen molar-refractivity contribution in [3.05, 3.63) is 59.9 Å². The van der Waals surface area contributed by atoms with Crippen molar-refractivity contribution >= 4 is 5.97 Å². The van der Waals surface area contributed by atoms with Crippen molar-refractivity contribution in [2.75, 3.05) is 6.54 Å². The number of hydrogen-bond donors (Lipinski definition) is 1. The van der Waals surface area contributed by atoms with Crippen molar-refractivity contribution in [2.45, 2.75) is 25.4 Å². The molecule has 3 rings (SSSR count). The van der Waals surface area contributed by atoms with Gasteiger partial charge in [0, 0.05) is 12.6 Å². The van der Waals surface area contributed by atoms with Gasteiger partial charge in [0.2, 0.25) is 0 Å². The van der Waals surface area contributed by atoms with Crippen LogP contribution >= 0.6 is 0 Å². The van der Waals surface area contributed by atoms with Crippen LogP contribution in [0.3, 0.4) is 0 Å². The molecule has 1 atom stereocenters. The standard InChI is InChI=1S/C18H18FNO3/c19-14-3-1-4-16(11-14)23-15-8-6-13(7-9-15)12-20-10-2-5-17(20)18(21)22/h1,3-4,6-9,11,17H,2,5,10,12H2,(H,21,22)/t17-/m0/s1. The molecular formula is C18H18FNO3. The van der Waals surface area contributed by atoms with Crippen LogP contribution in [-0.4, -0.2) is 28.6 Å². The first-order valence-electron chi connectivity index (χ1n) is 7.61. The molecule has 1 saturated heterocycles. The maximum atomic E-state index is 13.1. The van der Waals surface area contributed by atoms with Crippen molar-refractivity contribution in [3.8, 4) is 11.5 Å². The Hall–Kier alpha value is -2.40. The highest BCUT2D eigenvalue weighted by Gasteiger charge is 2.30. The summed E-state index contributed by atoms with van der Waals surface area (Å²) in [6, 6.07) is 13.0. The van der Waals surface area contributed by atoms with Crippen molar-refractivity contribution < 1.29 is 19.0 Å². The van der Waals surface area contributed by atoms with Gasteiger partial charge in [0.1, 0.15) is 23.4 Å². The summed E-state index contributed by atoms with van der Waals surface area (Å²) in [4.78, 5) is 13.2.